The predicted octanol–water partition coefficient (Wildman–Crippen LogP) is 5.93. The number of nitrogens with zero attached hydrogens (tertiary/aromatic N) is 1. The van der Waals surface area contributed by atoms with Crippen LogP contribution in [0.2, 0.25) is 0 Å². The minimum atomic E-state index is -0.504. The lowest BCUT2D eigenvalue weighted by Crippen LogP contribution is -2.01. The fraction of sp³-hybridized carbons (Fsp3) is 0.0400. The van der Waals surface area contributed by atoms with E-state index in [9.17, 15) is 9.90 Å². The molecule has 0 spiro atoms. The van der Waals surface area contributed by atoms with E-state index in [2.05, 4.69) is 4.98 Å². The third-order valence-electron chi connectivity index (χ3n) is 5.02. The van der Waals surface area contributed by atoms with E-state index in [1.807, 2.05) is 48.5 Å². The standard InChI is InChI=1S/C25H17NO5/c1-29-25(28)18-10-6-12-21-22(18)26-24(31-21)19-14-13-16-17(23(19)27)9-5-11-20(16)30-15-7-3-2-4-8-15/h2-14,27H,1H3. The van der Waals surface area contributed by atoms with Gasteiger partial charge in [-0.3, -0.25) is 0 Å². The summed E-state index contributed by atoms with van der Waals surface area (Å²) in [7, 11) is 1.31. The molecule has 0 fully saturated rings. The summed E-state index contributed by atoms with van der Waals surface area (Å²) in [6.45, 7) is 0. The second-order valence-electron chi connectivity index (χ2n) is 6.89. The van der Waals surface area contributed by atoms with Crippen molar-refractivity contribution in [1.29, 1.82) is 0 Å². The number of esters is 1. The van der Waals surface area contributed by atoms with Crippen molar-refractivity contribution in [2.45, 2.75) is 0 Å². The molecule has 6 nitrogen and oxygen atoms in total. The summed E-state index contributed by atoms with van der Waals surface area (Å²) in [6.07, 6.45) is 0. The normalized spacial score (nSPS) is 11.0. The second-order valence-corrected chi connectivity index (χ2v) is 6.89. The summed E-state index contributed by atoms with van der Waals surface area (Å²) in [6, 6.07) is 23.5. The van der Waals surface area contributed by atoms with E-state index in [0.717, 1.165) is 5.39 Å². The fourth-order valence-electron chi connectivity index (χ4n) is 3.53. The van der Waals surface area contributed by atoms with Crippen LogP contribution in [0.25, 0.3) is 33.3 Å². The Morgan fingerprint density at radius 1 is 0.903 bits per heavy atom. The summed E-state index contributed by atoms with van der Waals surface area (Å²) in [4.78, 5) is 16.5. The predicted molar refractivity (Wildman–Crippen MR) is 116 cm³/mol. The lowest BCUT2D eigenvalue weighted by atomic mass is 10.0. The Hall–Kier alpha value is -4.32. The van der Waals surface area contributed by atoms with Crippen LogP contribution in [0.1, 0.15) is 10.4 Å². The Kier molecular flexibility index (Phi) is 4.52. The first-order chi connectivity index (χ1) is 15.2. The van der Waals surface area contributed by atoms with Crippen LogP contribution >= 0.6 is 0 Å². The number of rotatable bonds is 4. The van der Waals surface area contributed by atoms with Crippen LogP contribution in [0, 0.1) is 0 Å². The van der Waals surface area contributed by atoms with Crippen molar-refractivity contribution >= 4 is 27.8 Å². The van der Waals surface area contributed by atoms with E-state index in [1.165, 1.54) is 7.11 Å². The lowest BCUT2D eigenvalue weighted by Gasteiger charge is -2.11. The molecule has 152 valence electrons. The molecule has 0 amide bonds. The second kappa shape index (κ2) is 7.50. The van der Waals surface area contributed by atoms with Crippen LogP contribution in [0.15, 0.2) is 83.3 Å². The number of phenolic OH excluding ortho intramolecular Hbond substituents is 1. The van der Waals surface area contributed by atoms with Crippen molar-refractivity contribution in [2.24, 2.45) is 0 Å². The minimum Gasteiger partial charge on any atom is -0.506 e. The number of ether oxygens (including phenoxy) is 2. The Bertz CT molecular complexity index is 1420. The lowest BCUT2D eigenvalue weighted by molar-refractivity contribution is 0.0602. The highest BCUT2D eigenvalue weighted by molar-refractivity contribution is 6.02. The van der Waals surface area contributed by atoms with Gasteiger partial charge in [-0.05, 0) is 42.5 Å². The minimum absolute atomic E-state index is 0.0159. The van der Waals surface area contributed by atoms with Crippen molar-refractivity contribution in [2.75, 3.05) is 7.11 Å². The molecule has 1 N–H and O–H groups in total. The molecule has 6 heteroatoms. The molecule has 0 saturated heterocycles. The van der Waals surface area contributed by atoms with Crippen molar-refractivity contribution in [3.8, 4) is 28.7 Å². The number of phenols is 1. The molecule has 0 aliphatic rings. The maximum Gasteiger partial charge on any atom is 0.340 e. The van der Waals surface area contributed by atoms with Gasteiger partial charge >= 0.3 is 5.97 Å². The first kappa shape index (κ1) is 18.7. The van der Waals surface area contributed by atoms with Gasteiger partial charge in [0.1, 0.15) is 22.8 Å². The van der Waals surface area contributed by atoms with Gasteiger partial charge in [-0.15, -0.1) is 0 Å². The number of oxazole rings is 1. The number of para-hydroxylation sites is 2. The molecule has 5 rings (SSSR count). The summed E-state index contributed by atoms with van der Waals surface area (Å²) in [5.41, 5.74) is 1.52. The van der Waals surface area contributed by atoms with Crippen LogP contribution < -0.4 is 4.74 Å². The van der Waals surface area contributed by atoms with Gasteiger partial charge in [0.05, 0.1) is 18.2 Å². The SMILES string of the molecule is COC(=O)c1cccc2oc(-c3ccc4c(Oc5ccccc5)cccc4c3O)nc12. The number of hydrogen-bond acceptors (Lipinski definition) is 6. The molecule has 4 aromatic carbocycles. The molecule has 0 bridgehead atoms. The van der Waals surface area contributed by atoms with E-state index in [1.54, 1.807) is 30.3 Å². The van der Waals surface area contributed by atoms with Gasteiger partial charge in [0.15, 0.2) is 5.58 Å². The molecule has 0 saturated carbocycles. The number of hydrogen-bond donors (Lipinski definition) is 1. The topological polar surface area (TPSA) is 81.8 Å². The van der Waals surface area contributed by atoms with Crippen molar-refractivity contribution < 1.29 is 23.8 Å². The van der Waals surface area contributed by atoms with Gasteiger partial charge in [0.25, 0.3) is 0 Å². The van der Waals surface area contributed by atoms with Crippen LogP contribution in [0.5, 0.6) is 17.2 Å². The van der Waals surface area contributed by atoms with Crippen molar-refractivity contribution in [3.63, 3.8) is 0 Å². The quantitative estimate of drug-likeness (QED) is 0.369. The van der Waals surface area contributed by atoms with Crippen molar-refractivity contribution in [3.05, 3.63) is 84.4 Å². The fourth-order valence-corrected chi connectivity index (χ4v) is 3.53. The Balaban J connectivity index is 1.62. The molecule has 1 heterocycles. The van der Waals surface area contributed by atoms with Gasteiger partial charge in [0, 0.05) is 10.8 Å². The average molecular weight is 411 g/mol. The van der Waals surface area contributed by atoms with E-state index < -0.39 is 5.97 Å². The largest absolute Gasteiger partial charge is 0.506 e. The smallest absolute Gasteiger partial charge is 0.340 e. The highest BCUT2D eigenvalue weighted by atomic mass is 16.5. The molecule has 31 heavy (non-hydrogen) atoms. The molecule has 5 aromatic rings. The summed E-state index contributed by atoms with van der Waals surface area (Å²) in [5, 5.41) is 12.3. The van der Waals surface area contributed by atoms with Gasteiger partial charge < -0.3 is 19.0 Å². The first-order valence-corrected chi connectivity index (χ1v) is 9.61. The van der Waals surface area contributed by atoms with E-state index in [4.69, 9.17) is 13.9 Å². The highest BCUT2D eigenvalue weighted by Gasteiger charge is 2.20. The number of aromatic hydroxyl groups is 1. The number of aromatic nitrogens is 1. The third kappa shape index (κ3) is 3.24. The van der Waals surface area contributed by atoms with Crippen LogP contribution in [-0.4, -0.2) is 23.2 Å². The van der Waals surface area contributed by atoms with Crippen LogP contribution in [0.4, 0.5) is 0 Å². The summed E-state index contributed by atoms with van der Waals surface area (Å²) >= 11 is 0. The van der Waals surface area contributed by atoms with Gasteiger partial charge in [0.2, 0.25) is 5.89 Å². The Morgan fingerprint density at radius 3 is 2.52 bits per heavy atom. The van der Waals surface area contributed by atoms with Crippen LogP contribution in [0.3, 0.4) is 0 Å². The highest BCUT2D eigenvalue weighted by Crippen LogP contribution is 2.40. The Labute approximate surface area is 177 Å². The molecule has 0 aliphatic heterocycles. The van der Waals surface area contributed by atoms with Gasteiger partial charge in [-0.25, -0.2) is 9.78 Å². The molecular formula is C25H17NO5. The zero-order valence-electron chi connectivity index (χ0n) is 16.5. The number of benzene rings is 4. The third-order valence-corrected chi connectivity index (χ3v) is 5.02. The average Bonchev–Trinajstić information content (AvgIpc) is 3.24. The summed E-state index contributed by atoms with van der Waals surface area (Å²) in [5.74, 6) is 1.04. The molecule has 1 aromatic heterocycles. The zero-order chi connectivity index (χ0) is 21.4. The van der Waals surface area contributed by atoms with E-state index in [-0.39, 0.29) is 11.6 Å². The van der Waals surface area contributed by atoms with Crippen molar-refractivity contribution in [1.82, 2.24) is 4.98 Å². The molecule has 0 unspecified atom stereocenters. The number of carbonyl (C=O) groups is 1. The van der Waals surface area contributed by atoms with E-state index >= 15 is 0 Å². The van der Waals surface area contributed by atoms with Crippen LogP contribution in [-0.2, 0) is 4.74 Å². The number of carbonyl (C=O) groups excluding carboxylic acids is 1. The number of fused-ring (bicyclic) bond motifs is 2. The van der Waals surface area contributed by atoms with Gasteiger partial charge in [-0.1, -0.05) is 36.4 Å². The summed E-state index contributed by atoms with van der Waals surface area (Å²) < 4.78 is 16.6. The Morgan fingerprint density at radius 2 is 1.71 bits per heavy atom. The first-order valence-electron chi connectivity index (χ1n) is 9.61. The maximum absolute atomic E-state index is 12.0. The molecular weight excluding hydrogens is 394 g/mol. The zero-order valence-corrected chi connectivity index (χ0v) is 16.5. The molecule has 0 aliphatic carbocycles. The van der Waals surface area contributed by atoms with Gasteiger partial charge in [-0.2, -0.15) is 0 Å². The molecule has 0 atom stereocenters. The maximum atomic E-state index is 12.0. The monoisotopic (exact) mass is 411 g/mol. The number of methoxy groups -OCH3 is 1. The van der Waals surface area contributed by atoms with E-state index in [0.29, 0.717) is 39.1 Å². The molecule has 0 radical (unpaired) electrons.